The minimum absolute atomic E-state index is 0.0655. The molecule has 2 aromatic rings. The van der Waals surface area contributed by atoms with Crippen LogP contribution in [-0.4, -0.2) is 41.8 Å². The van der Waals surface area contributed by atoms with Crippen molar-refractivity contribution in [3.05, 3.63) is 62.6 Å². The second-order valence-corrected chi connectivity index (χ2v) is 6.69. The van der Waals surface area contributed by atoms with Crippen molar-refractivity contribution in [1.82, 2.24) is 4.90 Å². The van der Waals surface area contributed by atoms with E-state index in [0.717, 1.165) is 0 Å². The maximum atomic E-state index is 12.2. The molecule has 8 nitrogen and oxygen atoms in total. The molecule has 0 unspecified atom stereocenters. The summed E-state index contributed by atoms with van der Waals surface area (Å²) in [5.41, 5.74) is 0.739. The van der Waals surface area contributed by atoms with Gasteiger partial charge < -0.3 is 15.5 Å². The van der Waals surface area contributed by atoms with Crippen LogP contribution >= 0.6 is 23.2 Å². The summed E-state index contributed by atoms with van der Waals surface area (Å²) < 4.78 is 0. The minimum atomic E-state index is -0.496. The summed E-state index contributed by atoms with van der Waals surface area (Å²) in [6.45, 7) is 0.0486. The zero-order chi connectivity index (χ0) is 20.7. The molecule has 28 heavy (non-hydrogen) atoms. The third kappa shape index (κ3) is 6.11. The summed E-state index contributed by atoms with van der Waals surface area (Å²) in [7, 11) is 1.50. The first-order valence-electron chi connectivity index (χ1n) is 8.24. The third-order valence-corrected chi connectivity index (χ3v) is 4.50. The molecule has 0 saturated heterocycles. The van der Waals surface area contributed by atoms with Crippen LogP contribution in [0.3, 0.4) is 0 Å². The van der Waals surface area contributed by atoms with Gasteiger partial charge in [0, 0.05) is 31.8 Å². The van der Waals surface area contributed by atoms with Gasteiger partial charge >= 0.3 is 0 Å². The summed E-state index contributed by atoms with van der Waals surface area (Å²) in [6.07, 6.45) is 0.0720. The Morgan fingerprint density at radius 2 is 1.86 bits per heavy atom. The normalized spacial score (nSPS) is 10.2. The van der Waals surface area contributed by atoms with Gasteiger partial charge in [0.25, 0.3) is 5.69 Å². The highest BCUT2D eigenvalue weighted by atomic mass is 35.5. The highest BCUT2D eigenvalue weighted by molar-refractivity contribution is 6.42. The number of carbonyl (C=O) groups is 2. The van der Waals surface area contributed by atoms with Gasteiger partial charge in [0.1, 0.15) is 5.69 Å². The molecule has 2 aromatic carbocycles. The van der Waals surface area contributed by atoms with Gasteiger partial charge in [-0.1, -0.05) is 35.3 Å². The lowest BCUT2D eigenvalue weighted by Gasteiger charge is -2.17. The molecule has 10 heteroatoms. The van der Waals surface area contributed by atoms with Crippen LogP contribution in [0, 0.1) is 10.1 Å². The Morgan fingerprint density at radius 3 is 2.54 bits per heavy atom. The van der Waals surface area contributed by atoms with Crippen molar-refractivity contribution in [2.24, 2.45) is 0 Å². The van der Waals surface area contributed by atoms with E-state index >= 15 is 0 Å². The van der Waals surface area contributed by atoms with Gasteiger partial charge in [0.2, 0.25) is 11.8 Å². The van der Waals surface area contributed by atoms with Crippen molar-refractivity contribution in [3.8, 4) is 0 Å². The van der Waals surface area contributed by atoms with E-state index in [1.165, 1.54) is 24.1 Å². The number of hydrogen-bond donors (Lipinski definition) is 2. The van der Waals surface area contributed by atoms with Gasteiger partial charge in [-0.25, -0.2) is 0 Å². The van der Waals surface area contributed by atoms with Crippen molar-refractivity contribution in [2.45, 2.75) is 6.42 Å². The Balaban J connectivity index is 1.81. The number of rotatable bonds is 8. The van der Waals surface area contributed by atoms with E-state index in [-0.39, 0.29) is 37.0 Å². The Hall–Kier alpha value is -2.84. The van der Waals surface area contributed by atoms with Gasteiger partial charge in [-0.2, -0.15) is 0 Å². The number of para-hydroxylation sites is 2. The van der Waals surface area contributed by atoms with Crippen LogP contribution in [0.15, 0.2) is 42.5 Å². The fourth-order valence-corrected chi connectivity index (χ4v) is 2.65. The average molecular weight is 425 g/mol. The summed E-state index contributed by atoms with van der Waals surface area (Å²) in [6, 6.07) is 10.8. The van der Waals surface area contributed by atoms with E-state index in [9.17, 15) is 19.7 Å². The number of nitro groups is 1. The van der Waals surface area contributed by atoms with Crippen LogP contribution in [0.4, 0.5) is 17.1 Å². The molecular formula is C18H18Cl2N4O4. The average Bonchev–Trinajstić information content (AvgIpc) is 2.64. The predicted octanol–water partition coefficient (Wildman–Crippen LogP) is 3.80. The van der Waals surface area contributed by atoms with Crippen molar-refractivity contribution >= 4 is 52.1 Å². The fraction of sp³-hybridized carbons (Fsp3) is 0.222. The molecule has 0 heterocycles. The van der Waals surface area contributed by atoms with E-state index < -0.39 is 4.92 Å². The zero-order valence-corrected chi connectivity index (χ0v) is 16.5. The number of likely N-dealkylation sites (N-methyl/N-ethyl adjacent to an activating group) is 1. The molecule has 0 spiro atoms. The standard InChI is InChI=1S/C18H18Cl2N4O4/c1-23(11-17(25)22-12-6-7-13(19)14(20)10-12)18(26)8-9-21-15-4-2-3-5-16(15)24(27)28/h2-7,10,21H,8-9,11H2,1H3,(H,22,25). The first-order chi connectivity index (χ1) is 13.3. The minimum Gasteiger partial charge on any atom is -0.379 e. The number of benzene rings is 2. The van der Waals surface area contributed by atoms with Crippen molar-refractivity contribution < 1.29 is 14.5 Å². The molecule has 0 bridgehead atoms. The third-order valence-electron chi connectivity index (χ3n) is 3.76. The molecule has 0 aliphatic carbocycles. The van der Waals surface area contributed by atoms with Crippen molar-refractivity contribution in [3.63, 3.8) is 0 Å². The van der Waals surface area contributed by atoms with Crippen molar-refractivity contribution in [2.75, 3.05) is 30.8 Å². The van der Waals surface area contributed by atoms with E-state index in [4.69, 9.17) is 23.2 Å². The zero-order valence-electron chi connectivity index (χ0n) is 14.9. The van der Waals surface area contributed by atoms with Crippen LogP contribution in [-0.2, 0) is 9.59 Å². The molecule has 2 amide bonds. The molecule has 0 atom stereocenters. The lowest BCUT2D eigenvalue weighted by molar-refractivity contribution is -0.384. The van der Waals surface area contributed by atoms with Gasteiger partial charge in [-0.05, 0) is 24.3 Å². The Bertz CT molecular complexity index is 892. The molecule has 0 radical (unpaired) electrons. The maximum Gasteiger partial charge on any atom is 0.292 e. The monoisotopic (exact) mass is 424 g/mol. The molecule has 2 rings (SSSR count). The first-order valence-corrected chi connectivity index (χ1v) is 8.99. The van der Waals surface area contributed by atoms with E-state index in [1.807, 2.05) is 0 Å². The smallest absolute Gasteiger partial charge is 0.292 e. The second kappa shape index (κ2) is 9.91. The van der Waals surface area contributed by atoms with E-state index in [2.05, 4.69) is 10.6 Å². The van der Waals surface area contributed by atoms with Crippen LogP contribution in [0.2, 0.25) is 10.0 Å². The number of anilines is 2. The molecule has 148 valence electrons. The molecule has 0 aromatic heterocycles. The highest BCUT2D eigenvalue weighted by Crippen LogP contribution is 2.25. The Morgan fingerprint density at radius 1 is 1.14 bits per heavy atom. The lowest BCUT2D eigenvalue weighted by Crippen LogP contribution is -2.35. The predicted molar refractivity (Wildman–Crippen MR) is 109 cm³/mol. The van der Waals surface area contributed by atoms with Gasteiger partial charge in [-0.15, -0.1) is 0 Å². The molecule has 0 saturated carbocycles. The van der Waals surface area contributed by atoms with E-state index in [1.54, 1.807) is 30.3 Å². The summed E-state index contributed by atoms with van der Waals surface area (Å²) in [5.74, 6) is -0.670. The van der Waals surface area contributed by atoms with Crippen LogP contribution in [0.1, 0.15) is 6.42 Å². The quantitative estimate of drug-likeness (QED) is 0.495. The molecule has 0 aliphatic rings. The topological polar surface area (TPSA) is 105 Å². The van der Waals surface area contributed by atoms with Crippen molar-refractivity contribution in [1.29, 1.82) is 0 Å². The molecular weight excluding hydrogens is 407 g/mol. The second-order valence-electron chi connectivity index (χ2n) is 5.88. The Kier molecular flexibility index (Phi) is 7.60. The SMILES string of the molecule is CN(CC(=O)Nc1ccc(Cl)c(Cl)c1)C(=O)CCNc1ccccc1[N+](=O)[O-]. The largest absolute Gasteiger partial charge is 0.379 e. The number of hydrogen-bond acceptors (Lipinski definition) is 5. The number of nitrogens with one attached hydrogen (secondary N) is 2. The molecule has 0 aliphatic heterocycles. The molecule has 0 fully saturated rings. The van der Waals surface area contributed by atoms with Crippen LogP contribution < -0.4 is 10.6 Å². The van der Waals surface area contributed by atoms with Gasteiger partial charge in [-0.3, -0.25) is 19.7 Å². The fourth-order valence-electron chi connectivity index (χ4n) is 2.36. The lowest BCUT2D eigenvalue weighted by atomic mass is 10.2. The summed E-state index contributed by atoms with van der Waals surface area (Å²) in [4.78, 5) is 36.0. The number of halogens is 2. The summed E-state index contributed by atoms with van der Waals surface area (Å²) in [5, 5.41) is 17.2. The maximum absolute atomic E-state index is 12.2. The van der Waals surface area contributed by atoms with E-state index in [0.29, 0.717) is 21.4 Å². The number of carbonyl (C=O) groups excluding carboxylic acids is 2. The number of nitro benzene ring substituents is 1. The first kappa shape index (κ1) is 21.5. The van der Waals surface area contributed by atoms with Gasteiger partial charge in [0.15, 0.2) is 0 Å². The Labute approximate surface area is 171 Å². The van der Waals surface area contributed by atoms with Crippen LogP contribution in [0.5, 0.6) is 0 Å². The highest BCUT2D eigenvalue weighted by Gasteiger charge is 2.15. The summed E-state index contributed by atoms with van der Waals surface area (Å²) >= 11 is 11.7. The van der Waals surface area contributed by atoms with Crippen LogP contribution in [0.25, 0.3) is 0 Å². The van der Waals surface area contributed by atoms with Gasteiger partial charge in [0.05, 0.1) is 21.5 Å². The number of nitrogens with zero attached hydrogens (tertiary/aromatic N) is 2. The molecule has 2 N–H and O–H groups in total. The number of amides is 2.